The summed E-state index contributed by atoms with van der Waals surface area (Å²) in [7, 11) is 0. The first-order chi connectivity index (χ1) is 13.7. The molecule has 2 N–H and O–H groups in total. The first-order valence-electron chi connectivity index (χ1n) is 8.84. The molecule has 0 saturated heterocycles. The Labute approximate surface area is 161 Å². The van der Waals surface area contributed by atoms with Crippen LogP contribution < -0.4 is 5.32 Å². The van der Waals surface area contributed by atoms with E-state index in [-0.39, 0.29) is 11.7 Å². The SMILES string of the molecule is Cc1ncccc1-c1ccnc(NC(=O)c2nnc(Cc3ccccc3)[nH]2)c1. The molecule has 0 bridgehead atoms. The fourth-order valence-electron chi connectivity index (χ4n) is 2.90. The number of aryl methyl sites for hydroxylation is 1. The van der Waals surface area contributed by atoms with Crippen LogP contribution in [-0.2, 0) is 6.42 Å². The second-order valence-electron chi connectivity index (χ2n) is 6.30. The van der Waals surface area contributed by atoms with E-state index in [0.29, 0.717) is 18.1 Å². The zero-order chi connectivity index (χ0) is 19.3. The Hall–Kier alpha value is -3.87. The fourth-order valence-corrected chi connectivity index (χ4v) is 2.90. The van der Waals surface area contributed by atoms with Gasteiger partial charge in [0.1, 0.15) is 11.6 Å². The van der Waals surface area contributed by atoms with Crippen molar-refractivity contribution in [3.63, 3.8) is 0 Å². The van der Waals surface area contributed by atoms with Crippen molar-refractivity contribution in [3.05, 3.63) is 89.9 Å². The van der Waals surface area contributed by atoms with Gasteiger partial charge in [0.05, 0.1) is 0 Å². The van der Waals surface area contributed by atoms with Gasteiger partial charge in [-0.1, -0.05) is 36.4 Å². The van der Waals surface area contributed by atoms with E-state index < -0.39 is 0 Å². The molecule has 3 heterocycles. The minimum absolute atomic E-state index is 0.149. The lowest BCUT2D eigenvalue weighted by atomic mass is 10.1. The van der Waals surface area contributed by atoms with Crippen LogP contribution in [0.4, 0.5) is 5.82 Å². The predicted molar refractivity (Wildman–Crippen MR) is 106 cm³/mol. The summed E-state index contributed by atoms with van der Waals surface area (Å²) in [6, 6.07) is 17.4. The highest BCUT2D eigenvalue weighted by atomic mass is 16.2. The van der Waals surface area contributed by atoms with Crippen molar-refractivity contribution in [2.24, 2.45) is 0 Å². The summed E-state index contributed by atoms with van der Waals surface area (Å²) in [5.74, 6) is 0.825. The molecule has 1 amide bonds. The molecule has 1 aromatic carbocycles. The molecule has 4 rings (SSSR count). The molecule has 7 nitrogen and oxygen atoms in total. The van der Waals surface area contributed by atoms with Crippen molar-refractivity contribution in [1.29, 1.82) is 0 Å². The van der Waals surface area contributed by atoms with Crippen LogP contribution in [0.3, 0.4) is 0 Å². The maximum Gasteiger partial charge on any atom is 0.294 e. The number of carbonyl (C=O) groups is 1. The topological polar surface area (TPSA) is 96.5 Å². The zero-order valence-corrected chi connectivity index (χ0v) is 15.3. The van der Waals surface area contributed by atoms with Crippen molar-refractivity contribution < 1.29 is 4.79 Å². The number of aromatic amines is 1. The summed E-state index contributed by atoms with van der Waals surface area (Å²) in [6.07, 6.45) is 3.98. The van der Waals surface area contributed by atoms with Crippen LogP contribution in [0.1, 0.15) is 27.7 Å². The van der Waals surface area contributed by atoms with E-state index in [4.69, 9.17) is 0 Å². The van der Waals surface area contributed by atoms with Crippen molar-refractivity contribution in [2.75, 3.05) is 5.32 Å². The highest BCUT2D eigenvalue weighted by molar-refractivity contribution is 6.01. The molecule has 0 aliphatic rings. The lowest BCUT2D eigenvalue weighted by Gasteiger charge is -2.07. The number of carbonyl (C=O) groups excluding carboxylic acids is 1. The normalized spacial score (nSPS) is 10.6. The van der Waals surface area contributed by atoms with E-state index >= 15 is 0 Å². The summed E-state index contributed by atoms with van der Waals surface area (Å²) in [4.78, 5) is 24.0. The highest BCUT2D eigenvalue weighted by Crippen LogP contribution is 2.23. The molecule has 0 aliphatic carbocycles. The van der Waals surface area contributed by atoms with Crippen LogP contribution in [-0.4, -0.2) is 31.1 Å². The number of aromatic nitrogens is 5. The number of anilines is 1. The Morgan fingerprint density at radius 1 is 1.00 bits per heavy atom. The second-order valence-corrected chi connectivity index (χ2v) is 6.30. The third-order valence-electron chi connectivity index (χ3n) is 4.28. The van der Waals surface area contributed by atoms with Gasteiger partial charge < -0.3 is 10.3 Å². The summed E-state index contributed by atoms with van der Waals surface area (Å²) >= 11 is 0. The van der Waals surface area contributed by atoms with Gasteiger partial charge in [0.15, 0.2) is 0 Å². The molecule has 4 aromatic rings. The molecule has 0 aliphatic heterocycles. The molecule has 138 valence electrons. The lowest BCUT2D eigenvalue weighted by molar-refractivity contribution is 0.101. The van der Waals surface area contributed by atoms with Gasteiger partial charge in [-0.25, -0.2) is 4.98 Å². The molecule has 0 spiro atoms. The third-order valence-corrected chi connectivity index (χ3v) is 4.28. The van der Waals surface area contributed by atoms with Gasteiger partial charge in [0, 0.05) is 30.1 Å². The Kier molecular flexibility index (Phi) is 4.88. The van der Waals surface area contributed by atoms with Crippen LogP contribution in [0.25, 0.3) is 11.1 Å². The molecular weight excluding hydrogens is 352 g/mol. The zero-order valence-electron chi connectivity index (χ0n) is 15.3. The predicted octanol–water partition coefficient (Wildman–Crippen LogP) is 3.41. The van der Waals surface area contributed by atoms with E-state index in [1.54, 1.807) is 12.4 Å². The largest absolute Gasteiger partial charge is 0.321 e. The number of nitrogens with zero attached hydrogens (tertiary/aromatic N) is 4. The molecule has 0 radical (unpaired) electrons. The van der Waals surface area contributed by atoms with Gasteiger partial charge in [0.25, 0.3) is 5.91 Å². The summed E-state index contributed by atoms with van der Waals surface area (Å²) in [5, 5.41) is 10.8. The standard InChI is InChI=1S/C21H18N6O/c1-14-17(8-5-10-22-14)16-9-11-23-18(13-16)25-21(28)20-24-19(26-27-20)12-15-6-3-2-4-7-15/h2-11,13H,12H2,1H3,(H,23,25,28)(H,24,26,27). The number of nitrogens with one attached hydrogen (secondary N) is 2. The molecule has 0 saturated carbocycles. The second kappa shape index (κ2) is 7.79. The van der Waals surface area contributed by atoms with Crippen molar-refractivity contribution >= 4 is 11.7 Å². The smallest absolute Gasteiger partial charge is 0.294 e. The quantitative estimate of drug-likeness (QED) is 0.561. The first kappa shape index (κ1) is 17.5. The minimum Gasteiger partial charge on any atom is -0.321 e. The fraction of sp³-hybridized carbons (Fsp3) is 0.0952. The van der Waals surface area contributed by atoms with Crippen LogP contribution in [0, 0.1) is 6.92 Å². The van der Waals surface area contributed by atoms with Crippen LogP contribution in [0.5, 0.6) is 0 Å². The molecule has 28 heavy (non-hydrogen) atoms. The van der Waals surface area contributed by atoms with E-state index in [1.807, 2.05) is 61.5 Å². The van der Waals surface area contributed by atoms with Crippen LogP contribution in [0.15, 0.2) is 67.0 Å². The summed E-state index contributed by atoms with van der Waals surface area (Å²) < 4.78 is 0. The van der Waals surface area contributed by atoms with E-state index in [9.17, 15) is 4.79 Å². The molecule has 0 unspecified atom stereocenters. The van der Waals surface area contributed by atoms with Gasteiger partial charge in [-0.2, -0.15) is 0 Å². The summed E-state index contributed by atoms with van der Waals surface area (Å²) in [6.45, 7) is 1.94. The minimum atomic E-state index is -0.389. The molecule has 0 atom stereocenters. The van der Waals surface area contributed by atoms with Gasteiger partial charge in [-0.15, -0.1) is 10.2 Å². The Morgan fingerprint density at radius 2 is 1.86 bits per heavy atom. The van der Waals surface area contributed by atoms with Crippen molar-refractivity contribution in [3.8, 4) is 11.1 Å². The number of rotatable bonds is 5. The Balaban J connectivity index is 1.49. The van der Waals surface area contributed by atoms with E-state index in [0.717, 1.165) is 22.4 Å². The average Bonchev–Trinajstić information content (AvgIpc) is 3.18. The van der Waals surface area contributed by atoms with Gasteiger partial charge in [0.2, 0.25) is 5.82 Å². The number of hydrogen-bond donors (Lipinski definition) is 2. The third kappa shape index (κ3) is 3.93. The summed E-state index contributed by atoms with van der Waals surface area (Å²) in [5.41, 5.74) is 3.92. The van der Waals surface area contributed by atoms with Gasteiger partial charge in [-0.3, -0.25) is 9.78 Å². The lowest BCUT2D eigenvalue weighted by Crippen LogP contribution is -2.14. The number of amides is 1. The molecular formula is C21H18N6O. The number of pyridine rings is 2. The van der Waals surface area contributed by atoms with Crippen molar-refractivity contribution in [2.45, 2.75) is 13.3 Å². The highest BCUT2D eigenvalue weighted by Gasteiger charge is 2.14. The van der Waals surface area contributed by atoms with E-state index in [2.05, 4.69) is 30.5 Å². The van der Waals surface area contributed by atoms with Crippen LogP contribution in [0.2, 0.25) is 0 Å². The molecule has 3 aromatic heterocycles. The Morgan fingerprint density at radius 3 is 2.68 bits per heavy atom. The maximum atomic E-state index is 12.5. The first-order valence-corrected chi connectivity index (χ1v) is 8.84. The van der Waals surface area contributed by atoms with Crippen LogP contribution >= 0.6 is 0 Å². The average molecular weight is 370 g/mol. The van der Waals surface area contributed by atoms with E-state index in [1.165, 1.54) is 0 Å². The molecule has 7 heteroatoms. The van der Waals surface area contributed by atoms with Gasteiger partial charge in [-0.05, 0) is 36.2 Å². The number of benzene rings is 1. The monoisotopic (exact) mass is 370 g/mol. The van der Waals surface area contributed by atoms with Gasteiger partial charge >= 0.3 is 0 Å². The Bertz CT molecular complexity index is 1110. The maximum absolute atomic E-state index is 12.5. The molecule has 0 fully saturated rings. The number of H-pyrrole nitrogens is 1. The number of hydrogen-bond acceptors (Lipinski definition) is 5. The van der Waals surface area contributed by atoms with Crippen molar-refractivity contribution in [1.82, 2.24) is 25.1 Å².